The third kappa shape index (κ3) is 5.08. The predicted octanol–water partition coefficient (Wildman–Crippen LogP) is 1.18. The second-order valence-corrected chi connectivity index (χ2v) is 7.25. The lowest BCUT2D eigenvalue weighted by Gasteiger charge is -2.11. The van der Waals surface area contributed by atoms with Crippen LogP contribution >= 0.6 is 11.8 Å². The number of aromatic nitrogens is 3. The molecule has 0 bridgehead atoms. The van der Waals surface area contributed by atoms with E-state index < -0.39 is 0 Å². The number of nitrogens with one attached hydrogen (secondary N) is 2. The largest absolute Gasteiger partial charge is 0.493 e. The summed E-state index contributed by atoms with van der Waals surface area (Å²) >= 11 is 1.22. The Labute approximate surface area is 166 Å². The van der Waals surface area contributed by atoms with E-state index in [4.69, 9.17) is 14.2 Å². The molecule has 0 saturated carbocycles. The Kier molecular flexibility index (Phi) is 6.99. The minimum Gasteiger partial charge on any atom is -0.493 e. The third-order valence-corrected chi connectivity index (χ3v) is 5.38. The van der Waals surface area contributed by atoms with Crippen LogP contribution in [-0.2, 0) is 22.6 Å². The monoisotopic (exact) mass is 408 g/mol. The molecular weight excluding hydrogens is 384 g/mol. The first-order valence-corrected chi connectivity index (χ1v) is 9.96. The smallest absolute Gasteiger partial charge is 0.344 e. The van der Waals surface area contributed by atoms with Gasteiger partial charge in [0.05, 0.1) is 32.6 Å². The van der Waals surface area contributed by atoms with Gasteiger partial charge in [-0.15, -0.1) is 5.10 Å². The number of carbonyl (C=O) groups excluding carboxylic acids is 1. The molecule has 1 amide bonds. The molecule has 0 spiro atoms. The van der Waals surface area contributed by atoms with Crippen molar-refractivity contribution in [2.75, 3.05) is 26.6 Å². The van der Waals surface area contributed by atoms with Gasteiger partial charge in [0.15, 0.2) is 16.7 Å². The van der Waals surface area contributed by atoms with Gasteiger partial charge in [-0.1, -0.05) is 17.8 Å². The number of thioether (sulfide) groups is 1. The maximum atomic E-state index is 12.2. The fourth-order valence-electron chi connectivity index (χ4n) is 2.94. The first-order chi connectivity index (χ1) is 13.6. The molecule has 1 aliphatic heterocycles. The SMILES string of the molecule is COc1ccc(CNC(=O)CSc2n[nH]c(=O)n2C[C@@H]2CCCO2)cc1OC. The summed E-state index contributed by atoms with van der Waals surface area (Å²) < 4.78 is 17.6. The summed E-state index contributed by atoms with van der Waals surface area (Å²) in [6, 6.07) is 5.48. The molecule has 0 unspecified atom stereocenters. The standard InChI is InChI=1S/C18H24N4O5S/c1-25-14-6-5-12(8-15(14)26-2)9-19-16(23)11-28-18-21-20-17(24)22(18)10-13-4-3-7-27-13/h5-6,8,13H,3-4,7,9-11H2,1-2H3,(H,19,23)(H,20,24)/t13-/m0/s1. The van der Waals surface area contributed by atoms with Crippen LogP contribution < -0.4 is 20.5 Å². The van der Waals surface area contributed by atoms with E-state index in [2.05, 4.69) is 15.5 Å². The quantitative estimate of drug-likeness (QED) is 0.600. The molecule has 2 heterocycles. The van der Waals surface area contributed by atoms with E-state index in [1.165, 1.54) is 16.3 Å². The molecular formula is C18H24N4O5S. The van der Waals surface area contributed by atoms with Crippen LogP contribution in [0.15, 0.2) is 28.2 Å². The predicted molar refractivity (Wildman–Crippen MR) is 104 cm³/mol. The van der Waals surface area contributed by atoms with Gasteiger partial charge in [-0.3, -0.25) is 9.36 Å². The molecule has 0 radical (unpaired) electrons. The summed E-state index contributed by atoms with van der Waals surface area (Å²) in [4.78, 5) is 24.1. The number of benzene rings is 1. The van der Waals surface area contributed by atoms with Crippen molar-refractivity contribution in [1.29, 1.82) is 0 Å². The molecule has 1 aromatic carbocycles. The first kappa shape index (κ1) is 20.3. The third-order valence-electron chi connectivity index (χ3n) is 4.40. The molecule has 1 fully saturated rings. The van der Waals surface area contributed by atoms with Crippen LogP contribution in [-0.4, -0.2) is 53.4 Å². The van der Waals surface area contributed by atoms with Gasteiger partial charge in [-0.25, -0.2) is 9.89 Å². The molecule has 3 rings (SSSR count). The molecule has 10 heteroatoms. The van der Waals surface area contributed by atoms with E-state index in [0.717, 1.165) is 25.0 Å². The van der Waals surface area contributed by atoms with Crippen LogP contribution in [0, 0.1) is 0 Å². The highest BCUT2D eigenvalue weighted by atomic mass is 32.2. The fourth-order valence-corrected chi connectivity index (χ4v) is 3.72. The zero-order chi connectivity index (χ0) is 19.9. The molecule has 1 aromatic heterocycles. The van der Waals surface area contributed by atoms with Crippen molar-refractivity contribution >= 4 is 17.7 Å². The number of hydrogen-bond acceptors (Lipinski definition) is 7. The molecule has 0 aliphatic carbocycles. The van der Waals surface area contributed by atoms with Gasteiger partial charge in [0.2, 0.25) is 5.91 Å². The van der Waals surface area contributed by atoms with E-state index in [1.807, 2.05) is 12.1 Å². The minimum atomic E-state index is -0.288. The number of methoxy groups -OCH3 is 2. The zero-order valence-corrected chi connectivity index (χ0v) is 16.7. The van der Waals surface area contributed by atoms with Crippen molar-refractivity contribution in [2.24, 2.45) is 0 Å². The lowest BCUT2D eigenvalue weighted by Crippen LogP contribution is -2.26. The molecule has 2 N–H and O–H groups in total. The van der Waals surface area contributed by atoms with Gasteiger partial charge in [-0.05, 0) is 30.5 Å². The van der Waals surface area contributed by atoms with Crippen LogP contribution in [0.1, 0.15) is 18.4 Å². The number of hydrogen-bond donors (Lipinski definition) is 2. The highest BCUT2D eigenvalue weighted by Gasteiger charge is 2.20. The van der Waals surface area contributed by atoms with E-state index in [1.54, 1.807) is 20.3 Å². The Morgan fingerprint density at radius 3 is 2.93 bits per heavy atom. The Bertz CT molecular complexity index is 860. The molecule has 1 saturated heterocycles. The molecule has 9 nitrogen and oxygen atoms in total. The molecule has 1 aliphatic rings. The van der Waals surface area contributed by atoms with Gasteiger partial charge in [0.1, 0.15) is 0 Å². The van der Waals surface area contributed by atoms with Crippen LogP contribution in [0.2, 0.25) is 0 Å². The van der Waals surface area contributed by atoms with Crippen molar-refractivity contribution in [2.45, 2.75) is 37.2 Å². The fraction of sp³-hybridized carbons (Fsp3) is 0.500. The average Bonchev–Trinajstić information content (AvgIpc) is 3.35. The number of amides is 1. The van der Waals surface area contributed by atoms with Crippen molar-refractivity contribution in [3.8, 4) is 11.5 Å². The molecule has 28 heavy (non-hydrogen) atoms. The number of ether oxygens (including phenoxy) is 3. The number of H-pyrrole nitrogens is 1. The van der Waals surface area contributed by atoms with Crippen LogP contribution in [0.3, 0.4) is 0 Å². The lowest BCUT2D eigenvalue weighted by atomic mass is 10.2. The number of nitrogens with zero attached hydrogens (tertiary/aromatic N) is 2. The van der Waals surface area contributed by atoms with Crippen LogP contribution in [0.5, 0.6) is 11.5 Å². The lowest BCUT2D eigenvalue weighted by molar-refractivity contribution is -0.118. The normalized spacial score (nSPS) is 16.1. The first-order valence-electron chi connectivity index (χ1n) is 8.98. The van der Waals surface area contributed by atoms with Gasteiger partial charge < -0.3 is 19.5 Å². The summed E-state index contributed by atoms with van der Waals surface area (Å²) in [5.74, 6) is 1.25. The van der Waals surface area contributed by atoms with E-state index in [9.17, 15) is 9.59 Å². The molecule has 152 valence electrons. The maximum absolute atomic E-state index is 12.2. The Hall–Kier alpha value is -2.46. The second-order valence-electron chi connectivity index (χ2n) is 6.31. The van der Waals surface area contributed by atoms with Gasteiger partial charge in [0, 0.05) is 13.2 Å². The Morgan fingerprint density at radius 2 is 2.21 bits per heavy atom. The van der Waals surface area contributed by atoms with E-state index >= 15 is 0 Å². The van der Waals surface area contributed by atoms with E-state index in [-0.39, 0.29) is 23.5 Å². The van der Waals surface area contributed by atoms with Crippen molar-refractivity contribution in [3.63, 3.8) is 0 Å². The zero-order valence-electron chi connectivity index (χ0n) is 15.9. The van der Waals surface area contributed by atoms with Crippen LogP contribution in [0.4, 0.5) is 0 Å². The number of carbonyl (C=O) groups is 1. The van der Waals surface area contributed by atoms with Gasteiger partial charge in [0.25, 0.3) is 0 Å². The summed E-state index contributed by atoms with van der Waals surface area (Å²) in [7, 11) is 3.14. The van der Waals surface area contributed by atoms with Gasteiger partial charge in [-0.2, -0.15) is 0 Å². The Morgan fingerprint density at radius 1 is 1.39 bits per heavy atom. The highest BCUT2D eigenvalue weighted by Crippen LogP contribution is 2.27. The number of aromatic amines is 1. The second kappa shape index (κ2) is 9.65. The summed E-state index contributed by atoms with van der Waals surface area (Å²) in [6.07, 6.45) is 1.94. The van der Waals surface area contributed by atoms with Crippen molar-refractivity contribution < 1.29 is 19.0 Å². The van der Waals surface area contributed by atoms with Crippen molar-refractivity contribution in [3.05, 3.63) is 34.2 Å². The summed E-state index contributed by atoms with van der Waals surface area (Å²) in [6.45, 7) is 1.53. The minimum absolute atomic E-state index is 0.0218. The van der Waals surface area contributed by atoms with Gasteiger partial charge >= 0.3 is 5.69 Å². The number of rotatable bonds is 9. The average molecular weight is 408 g/mol. The van der Waals surface area contributed by atoms with Crippen molar-refractivity contribution in [1.82, 2.24) is 20.1 Å². The summed E-state index contributed by atoms with van der Waals surface area (Å²) in [5, 5.41) is 9.79. The highest BCUT2D eigenvalue weighted by molar-refractivity contribution is 7.99. The molecule has 2 aromatic rings. The Balaban J connectivity index is 1.51. The van der Waals surface area contributed by atoms with Crippen LogP contribution in [0.25, 0.3) is 0 Å². The topological polar surface area (TPSA) is 107 Å². The maximum Gasteiger partial charge on any atom is 0.344 e. The summed E-state index contributed by atoms with van der Waals surface area (Å²) in [5.41, 5.74) is 0.606. The van der Waals surface area contributed by atoms with E-state index in [0.29, 0.717) is 29.7 Å². The molecule has 1 atom stereocenters.